The Bertz CT molecular complexity index is 1280. The number of benzene rings is 1. The normalized spacial score (nSPS) is 19.4. The molecule has 1 atom stereocenters. The van der Waals surface area contributed by atoms with Crippen LogP contribution < -0.4 is 10.2 Å². The first kappa shape index (κ1) is 18.6. The maximum absolute atomic E-state index is 10.5. The third kappa shape index (κ3) is 3.39. The molecule has 4 heterocycles. The van der Waals surface area contributed by atoms with E-state index >= 15 is 0 Å². The number of anilines is 1. The number of fused-ring (bicyclic) bond motifs is 2. The molecule has 1 unspecified atom stereocenters. The van der Waals surface area contributed by atoms with Crippen LogP contribution in [0, 0.1) is 0 Å². The van der Waals surface area contributed by atoms with E-state index in [2.05, 4.69) is 21.4 Å². The maximum atomic E-state index is 10.5. The quantitative estimate of drug-likeness (QED) is 0.531. The van der Waals surface area contributed by atoms with E-state index in [0.717, 1.165) is 52.6 Å². The van der Waals surface area contributed by atoms with Crippen molar-refractivity contribution in [2.75, 3.05) is 18.0 Å². The first-order valence-electron chi connectivity index (χ1n) is 11.1. The second kappa shape index (κ2) is 7.20. The fourth-order valence-corrected chi connectivity index (χ4v) is 4.73. The van der Waals surface area contributed by atoms with Gasteiger partial charge in [-0.05, 0) is 49.6 Å². The first-order valence-corrected chi connectivity index (χ1v) is 11.1. The van der Waals surface area contributed by atoms with E-state index < -0.39 is 0 Å². The fraction of sp³-hybridized carbons (Fsp3) is 0.375. The van der Waals surface area contributed by atoms with Crippen molar-refractivity contribution in [3.05, 3.63) is 42.6 Å². The summed E-state index contributed by atoms with van der Waals surface area (Å²) in [6, 6.07) is 12.9. The van der Waals surface area contributed by atoms with Gasteiger partial charge in [0, 0.05) is 55.4 Å². The number of nitrogens with zero attached hydrogens (tertiary/aromatic N) is 5. The number of nitrogens with one attached hydrogen (secondary N) is 1. The third-order valence-electron chi connectivity index (χ3n) is 6.63. The molecule has 2 aliphatic rings. The Balaban J connectivity index is 1.27. The molecule has 1 saturated carbocycles. The molecule has 0 bridgehead atoms. The number of phenolic OH excluding ortho intramolecular Hbond substituents is 1. The molecule has 0 radical (unpaired) electrons. The van der Waals surface area contributed by atoms with E-state index in [9.17, 15) is 5.11 Å². The summed E-state index contributed by atoms with van der Waals surface area (Å²) in [7, 11) is 1.88. The van der Waals surface area contributed by atoms with Gasteiger partial charge in [-0.2, -0.15) is 5.10 Å². The van der Waals surface area contributed by atoms with Crippen LogP contribution in [-0.4, -0.2) is 50.0 Å². The minimum absolute atomic E-state index is 0.185. The van der Waals surface area contributed by atoms with Crippen LogP contribution in [-0.2, 0) is 7.05 Å². The number of aryl methyl sites for hydroxylation is 1. The Labute approximate surface area is 180 Å². The van der Waals surface area contributed by atoms with Crippen LogP contribution in [0.1, 0.15) is 25.7 Å². The molecule has 2 N–H and O–H groups in total. The number of aromatic hydroxyl groups is 1. The topological polar surface area (TPSA) is 79.1 Å². The number of aromatic nitrogens is 4. The van der Waals surface area contributed by atoms with Gasteiger partial charge in [0.1, 0.15) is 11.6 Å². The lowest BCUT2D eigenvalue weighted by atomic mass is 9.92. The lowest BCUT2D eigenvalue weighted by Gasteiger charge is -2.30. The molecule has 0 amide bonds. The second-order valence-corrected chi connectivity index (χ2v) is 8.86. The monoisotopic (exact) mass is 414 g/mol. The molecule has 1 aliphatic carbocycles. The summed E-state index contributed by atoms with van der Waals surface area (Å²) in [6.45, 7) is 2.05. The molecule has 3 aromatic heterocycles. The Morgan fingerprint density at radius 3 is 2.65 bits per heavy atom. The first-order chi connectivity index (χ1) is 15.1. The van der Waals surface area contributed by atoms with E-state index in [1.54, 1.807) is 10.7 Å². The molecule has 1 aliphatic heterocycles. The summed E-state index contributed by atoms with van der Waals surface area (Å²) in [5.74, 6) is 1.20. The van der Waals surface area contributed by atoms with Gasteiger partial charge < -0.3 is 15.3 Å². The largest absolute Gasteiger partial charge is 0.507 e. The molecular weight excluding hydrogens is 388 g/mol. The zero-order valence-electron chi connectivity index (χ0n) is 17.6. The molecule has 4 aromatic rings. The number of hydrogen-bond acceptors (Lipinski definition) is 6. The summed E-state index contributed by atoms with van der Waals surface area (Å²) in [6.07, 6.45) is 7.12. The Hall–Kier alpha value is -3.19. The SMILES string of the molecule is Cn1cc2cc(-c3ccc4nc(N5CCC(NC6CCC6)C5)ccc4n3)c(O)cc2n1. The highest BCUT2D eigenvalue weighted by Crippen LogP contribution is 2.33. The highest BCUT2D eigenvalue weighted by Gasteiger charge is 2.27. The molecule has 158 valence electrons. The average molecular weight is 415 g/mol. The molecule has 0 spiro atoms. The smallest absolute Gasteiger partial charge is 0.129 e. The highest BCUT2D eigenvalue weighted by atomic mass is 16.3. The number of rotatable bonds is 4. The average Bonchev–Trinajstić information content (AvgIpc) is 3.35. The number of hydrogen-bond donors (Lipinski definition) is 2. The molecule has 7 nitrogen and oxygen atoms in total. The van der Waals surface area contributed by atoms with Crippen LogP contribution in [0.25, 0.3) is 33.2 Å². The lowest BCUT2D eigenvalue weighted by Crippen LogP contribution is -2.43. The van der Waals surface area contributed by atoms with Crippen molar-refractivity contribution < 1.29 is 5.11 Å². The van der Waals surface area contributed by atoms with Crippen LogP contribution in [0.5, 0.6) is 5.75 Å². The van der Waals surface area contributed by atoms with Crippen molar-refractivity contribution >= 4 is 27.8 Å². The number of phenols is 1. The predicted molar refractivity (Wildman–Crippen MR) is 122 cm³/mol. The summed E-state index contributed by atoms with van der Waals surface area (Å²) in [4.78, 5) is 12.0. The van der Waals surface area contributed by atoms with Crippen molar-refractivity contribution in [3.8, 4) is 17.0 Å². The van der Waals surface area contributed by atoms with E-state index in [4.69, 9.17) is 9.97 Å². The molecule has 31 heavy (non-hydrogen) atoms. The minimum atomic E-state index is 0.185. The summed E-state index contributed by atoms with van der Waals surface area (Å²) in [5, 5.41) is 19.6. The van der Waals surface area contributed by atoms with E-state index in [1.165, 1.54) is 25.7 Å². The minimum Gasteiger partial charge on any atom is -0.507 e. The van der Waals surface area contributed by atoms with E-state index in [1.807, 2.05) is 37.5 Å². The van der Waals surface area contributed by atoms with Crippen molar-refractivity contribution in [2.45, 2.75) is 37.8 Å². The fourth-order valence-electron chi connectivity index (χ4n) is 4.73. The second-order valence-electron chi connectivity index (χ2n) is 8.86. The van der Waals surface area contributed by atoms with Gasteiger partial charge in [0.15, 0.2) is 0 Å². The zero-order chi connectivity index (χ0) is 20.9. The van der Waals surface area contributed by atoms with Gasteiger partial charge in [0.25, 0.3) is 0 Å². The van der Waals surface area contributed by atoms with Crippen molar-refractivity contribution in [1.82, 2.24) is 25.1 Å². The van der Waals surface area contributed by atoms with Gasteiger partial charge in [0.05, 0.1) is 22.2 Å². The molecular formula is C24H26N6O. The lowest BCUT2D eigenvalue weighted by molar-refractivity contribution is 0.311. The molecule has 7 heteroatoms. The van der Waals surface area contributed by atoms with E-state index in [0.29, 0.717) is 11.6 Å². The van der Waals surface area contributed by atoms with E-state index in [-0.39, 0.29) is 5.75 Å². The number of pyridine rings is 2. The Morgan fingerprint density at radius 2 is 1.81 bits per heavy atom. The van der Waals surface area contributed by atoms with Gasteiger partial charge in [-0.15, -0.1) is 0 Å². The van der Waals surface area contributed by atoms with Gasteiger partial charge in [0.2, 0.25) is 0 Å². The van der Waals surface area contributed by atoms with Gasteiger partial charge in [-0.25, -0.2) is 9.97 Å². The van der Waals surface area contributed by atoms with Crippen LogP contribution in [0.2, 0.25) is 0 Å². The van der Waals surface area contributed by atoms with Crippen molar-refractivity contribution in [2.24, 2.45) is 7.05 Å². The Morgan fingerprint density at radius 1 is 0.968 bits per heavy atom. The predicted octanol–water partition coefficient (Wildman–Crippen LogP) is 3.61. The van der Waals surface area contributed by atoms with Crippen molar-refractivity contribution in [1.29, 1.82) is 0 Å². The summed E-state index contributed by atoms with van der Waals surface area (Å²) >= 11 is 0. The van der Waals surface area contributed by atoms with Crippen LogP contribution in [0.15, 0.2) is 42.6 Å². The highest BCUT2D eigenvalue weighted by molar-refractivity contribution is 5.88. The summed E-state index contributed by atoms with van der Waals surface area (Å²) < 4.78 is 1.75. The molecule has 1 aromatic carbocycles. The van der Waals surface area contributed by atoms with Crippen LogP contribution >= 0.6 is 0 Å². The van der Waals surface area contributed by atoms with Gasteiger partial charge in [-0.1, -0.05) is 6.42 Å². The van der Waals surface area contributed by atoms with Crippen LogP contribution in [0.4, 0.5) is 5.82 Å². The van der Waals surface area contributed by atoms with Crippen LogP contribution in [0.3, 0.4) is 0 Å². The Kier molecular flexibility index (Phi) is 4.31. The standard InChI is InChI=1S/C24H26N6O/c1-29-13-15-11-18(23(31)12-22(15)28-29)19-5-6-21-20(26-19)7-8-24(27-21)30-10-9-17(14-30)25-16-3-2-4-16/h5-8,11-13,16-17,25,31H,2-4,9-10,14H2,1H3. The zero-order valence-corrected chi connectivity index (χ0v) is 17.6. The summed E-state index contributed by atoms with van der Waals surface area (Å²) in [5.41, 5.74) is 3.91. The molecule has 6 rings (SSSR count). The van der Waals surface area contributed by atoms with Crippen molar-refractivity contribution in [3.63, 3.8) is 0 Å². The third-order valence-corrected chi connectivity index (χ3v) is 6.63. The maximum Gasteiger partial charge on any atom is 0.129 e. The van der Waals surface area contributed by atoms with Gasteiger partial charge in [-0.3, -0.25) is 4.68 Å². The van der Waals surface area contributed by atoms with Gasteiger partial charge >= 0.3 is 0 Å². The molecule has 2 fully saturated rings. The molecule has 1 saturated heterocycles.